The lowest BCUT2D eigenvalue weighted by Gasteiger charge is -2.29. The van der Waals surface area contributed by atoms with Gasteiger partial charge in [0.25, 0.3) is 0 Å². The fourth-order valence-corrected chi connectivity index (χ4v) is 4.05. The first-order chi connectivity index (χ1) is 10.9. The molecule has 0 bridgehead atoms. The van der Waals surface area contributed by atoms with Crippen LogP contribution in [0, 0.1) is 0 Å². The molecule has 2 amide bonds. The highest BCUT2D eigenvalue weighted by atomic mass is 32.2. The first kappa shape index (κ1) is 17.7. The number of ether oxygens (including phenoxy) is 1. The maximum atomic E-state index is 12.6. The van der Waals surface area contributed by atoms with Gasteiger partial charge in [-0.3, -0.25) is 0 Å². The number of nitrogens with zero attached hydrogens (tertiary/aromatic N) is 1. The number of hydrogen-bond acceptors (Lipinski definition) is 4. The third-order valence-electron chi connectivity index (χ3n) is 4.12. The van der Waals surface area contributed by atoms with Gasteiger partial charge in [-0.1, -0.05) is 30.3 Å². The highest BCUT2D eigenvalue weighted by Gasteiger charge is 2.29. The van der Waals surface area contributed by atoms with Crippen LogP contribution in [0.4, 0.5) is 4.79 Å². The molecule has 1 fully saturated rings. The summed E-state index contributed by atoms with van der Waals surface area (Å²) in [5.41, 5.74) is 0.956. The van der Waals surface area contributed by atoms with Gasteiger partial charge in [0.1, 0.15) is 0 Å². The summed E-state index contributed by atoms with van der Waals surface area (Å²) >= 11 is 0. The molecular weight excluding hydrogens is 316 g/mol. The minimum Gasteiger partial charge on any atom is -0.382 e. The SMILES string of the molecule is COC[C@@H](NC(=O)N1CCS(=O)(=O)CC[C@H]1C)c1ccccc1. The topological polar surface area (TPSA) is 75.7 Å². The number of methoxy groups -OCH3 is 1. The van der Waals surface area contributed by atoms with Gasteiger partial charge in [-0.05, 0) is 18.9 Å². The Balaban J connectivity index is 2.09. The third kappa shape index (κ3) is 4.94. The number of rotatable bonds is 4. The fourth-order valence-electron chi connectivity index (χ4n) is 2.67. The lowest BCUT2D eigenvalue weighted by molar-refractivity contribution is 0.149. The second kappa shape index (κ2) is 7.79. The highest BCUT2D eigenvalue weighted by molar-refractivity contribution is 7.91. The molecule has 128 valence electrons. The van der Waals surface area contributed by atoms with E-state index in [1.165, 1.54) is 0 Å². The van der Waals surface area contributed by atoms with E-state index in [-0.39, 0.29) is 36.2 Å². The number of nitrogens with one attached hydrogen (secondary N) is 1. The van der Waals surface area contributed by atoms with Gasteiger partial charge in [0, 0.05) is 19.7 Å². The van der Waals surface area contributed by atoms with E-state index in [4.69, 9.17) is 4.74 Å². The lowest BCUT2D eigenvalue weighted by Crippen LogP contribution is -2.47. The highest BCUT2D eigenvalue weighted by Crippen LogP contribution is 2.16. The van der Waals surface area contributed by atoms with Gasteiger partial charge in [-0.15, -0.1) is 0 Å². The molecule has 1 aliphatic rings. The largest absolute Gasteiger partial charge is 0.382 e. The van der Waals surface area contributed by atoms with Gasteiger partial charge in [0.15, 0.2) is 9.84 Å². The van der Waals surface area contributed by atoms with E-state index < -0.39 is 9.84 Å². The molecule has 0 aromatic heterocycles. The zero-order chi connectivity index (χ0) is 16.9. The molecule has 0 unspecified atom stereocenters. The molecule has 0 spiro atoms. The van der Waals surface area contributed by atoms with E-state index >= 15 is 0 Å². The van der Waals surface area contributed by atoms with Gasteiger partial charge in [-0.2, -0.15) is 0 Å². The Kier molecular flexibility index (Phi) is 6.01. The summed E-state index contributed by atoms with van der Waals surface area (Å²) in [5, 5.41) is 2.96. The van der Waals surface area contributed by atoms with Crippen LogP contribution in [0.1, 0.15) is 24.9 Å². The maximum Gasteiger partial charge on any atom is 0.318 e. The van der Waals surface area contributed by atoms with Crippen molar-refractivity contribution >= 4 is 15.9 Å². The van der Waals surface area contributed by atoms with E-state index in [2.05, 4.69) is 5.32 Å². The van der Waals surface area contributed by atoms with Crippen molar-refractivity contribution in [1.82, 2.24) is 10.2 Å². The first-order valence-electron chi connectivity index (χ1n) is 7.74. The van der Waals surface area contributed by atoms with Crippen molar-refractivity contribution in [2.45, 2.75) is 25.4 Å². The molecule has 0 aliphatic carbocycles. The minimum absolute atomic E-state index is 0.0189. The van der Waals surface area contributed by atoms with Crippen molar-refractivity contribution < 1.29 is 17.9 Å². The summed E-state index contributed by atoms with van der Waals surface area (Å²) in [5.74, 6) is 0.156. The van der Waals surface area contributed by atoms with Crippen LogP contribution in [0.3, 0.4) is 0 Å². The van der Waals surface area contributed by atoms with E-state index in [1.54, 1.807) is 12.0 Å². The number of urea groups is 1. The summed E-state index contributed by atoms with van der Waals surface area (Å²) in [6.45, 7) is 2.47. The summed E-state index contributed by atoms with van der Waals surface area (Å²) in [4.78, 5) is 14.2. The zero-order valence-electron chi connectivity index (χ0n) is 13.6. The Bertz CT molecular complexity index is 618. The molecule has 1 aliphatic heterocycles. The number of sulfone groups is 1. The monoisotopic (exact) mass is 340 g/mol. The molecule has 7 heteroatoms. The van der Waals surface area contributed by atoms with Gasteiger partial charge in [0.05, 0.1) is 24.2 Å². The van der Waals surface area contributed by atoms with Crippen LogP contribution in [-0.4, -0.2) is 57.2 Å². The van der Waals surface area contributed by atoms with E-state index in [0.29, 0.717) is 13.0 Å². The van der Waals surface area contributed by atoms with Crippen LogP contribution < -0.4 is 5.32 Å². The van der Waals surface area contributed by atoms with E-state index in [9.17, 15) is 13.2 Å². The smallest absolute Gasteiger partial charge is 0.318 e. The molecule has 1 aromatic rings. The molecular formula is C16H24N2O4S. The Labute approximate surface area is 137 Å². The average molecular weight is 340 g/mol. The molecule has 2 atom stereocenters. The van der Waals surface area contributed by atoms with Crippen molar-refractivity contribution in [3.05, 3.63) is 35.9 Å². The van der Waals surface area contributed by atoms with Crippen molar-refractivity contribution in [3.63, 3.8) is 0 Å². The van der Waals surface area contributed by atoms with Crippen molar-refractivity contribution in [3.8, 4) is 0 Å². The second-order valence-corrected chi connectivity index (χ2v) is 8.15. The van der Waals surface area contributed by atoms with Gasteiger partial charge in [-0.25, -0.2) is 13.2 Å². The van der Waals surface area contributed by atoms with Gasteiger partial charge >= 0.3 is 6.03 Å². The van der Waals surface area contributed by atoms with Crippen molar-refractivity contribution in [2.75, 3.05) is 31.8 Å². The molecule has 1 heterocycles. The van der Waals surface area contributed by atoms with Crippen LogP contribution in [-0.2, 0) is 14.6 Å². The standard InChI is InChI=1S/C16H24N2O4S/c1-13-8-10-23(20,21)11-9-18(13)16(19)17-15(12-22-2)14-6-4-3-5-7-14/h3-7,13,15H,8-12H2,1-2H3,(H,17,19)/t13-,15-/m1/s1. The quantitative estimate of drug-likeness (QED) is 0.903. The molecule has 1 aromatic carbocycles. The normalized spacial score (nSPS) is 22.2. The number of hydrogen-bond donors (Lipinski definition) is 1. The van der Waals surface area contributed by atoms with Crippen LogP contribution in [0.5, 0.6) is 0 Å². The second-order valence-electron chi connectivity index (χ2n) is 5.85. The van der Waals surface area contributed by atoms with Gasteiger partial charge in [0.2, 0.25) is 0 Å². The van der Waals surface area contributed by atoms with Crippen LogP contribution >= 0.6 is 0 Å². The molecule has 6 nitrogen and oxygen atoms in total. The number of carbonyl (C=O) groups excluding carboxylic acids is 1. The molecule has 2 rings (SSSR count). The third-order valence-corrected chi connectivity index (χ3v) is 5.78. The van der Waals surface area contributed by atoms with Crippen molar-refractivity contribution in [2.24, 2.45) is 0 Å². The Morgan fingerprint density at radius 1 is 1.35 bits per heavy atom. The number of amides is 2. The van der Waals surface area contributed by atoms with E-state index in [1.807, 2.05) is 37.3 Å². The van der Waals surface area contributed by atoms with Crippen LogP contribution in [0.2, 0.25) is 0 Å². The molecule has 0 radical (unpaired) electrons. The minimum atomic E-state index is -3.06. The molecule has 1 N–H and O–H groups in total. The Hall–Kier alpha value is -1.60. The number of benzene rings is 1. The molecule has 23 heavy (non-hydrogen) atoms. The molecule has 0 saturated carbocycles. The summed E-state index contributed by atoms with van der Waals surface area (Å²) in [7, 11) is -1.47. The Morgan fingerprint density at radius 2 is 2.04 bits per heavy atom. The maximum absolute atomic E-state index is 12.6. The van der Waals surface area contributed by atoms with Crippen molar-refractivity contribution in [1.29, 1.82) is 0 Å². The van der Waals surface area contributed by atoms with Gasteiger partial charge < -0.3 is 15.0 Å². The molecule has 1 saturated heterocycles. The first-order valence-corrected chi connectivity index (χ1v) is 9.56. The predicted molar refractivity (Wildman–Crippen MR) is 89.0 cm³/mol. The van der Waals surface area contributed by atoms with Crippen LogP contribution in [0.25, 0.3) is 0 Å². The summed E-state index contributed by atoms with van der Waals surface area (Å²) in [6.07, 6.45) is 0.468. The average Bonchev–Trinajstić information content (AvgIpc) is 2.66. The predicted octanol–water partition coefficient (Wildman–Crippen LogP) is 1.59. The van der Waals surface area contributed by atoms with Crippen LogP contribution in [0.15, 0.2) is 30.3 Å². The summed E-state index contributed by atoms with van der Waals surface area (Å²) < 4.78 is 28.7. The zero-order valence-corrected chi connectivity index (χ0v) is 14.4. The Morgan fingerprint density at radius 3 is 2.70 bits per heavy atom. The lowest BCUT2D eigenvalue weighted by atomic mass is 10.1. The van der Waals surface area contributed by atoms with E-state index in [0.717, 1.165) is 5.56 Å². The number of carbonyl (C=O) groups is 1. The fraction of sp³-hybridized carbons (Fsp3) is 0.562. The summed E-state index contributed by atoms with van der Waals surface area (Å²) in [6, 6.07) is 8.97.